The molecule has 0 radical (unpaired) electrons. The molecular formula is C48H61NO12S2Si. The van der Waals surface area contributed by atoms with Crippen molar-refractivity contribution in [1.82, 2.24) is 4.72 Å². The largest absolute Gasteiger partial charge is 0.509 e. The first kappa shape index (κ1) is 48.3. The summed E-state index contributed by atoms with van der Waals surface area (Å²) in [5, 5.41) is 0. The van der Waals surface area contributed by atoms with Gasteiger partial charge in [-0.05, 0) is 34.1 Å². The summed E-state index contributed by atoms with van der Waals surface area (Å²) in [5.41, 5.74) is 3.01. The van der Waals surface area contributed by atoms with E-state index in [-0.39, 0.29) is 38.8 Å². The second-order valence-electron chi connectivity index (χ2n) is 17.4. The van der Waals surface area contributed by atoms with E-state index in [2.05, 4.69) is 24.4 Å². The fraction of sp³-hybridized carbons (Fsp3) is 0.479. The Morgan fingerprint density at radius 2 is 1.11 bits per heavy atom. The van der Waals surface area contributed by atoms with Crippen LogP contribution < -0.4 is 4.72 Å². The third-order valence-electron chi connectivity index (χ3n) is 11.1. The average molecular weight is 936 g/mol. The van der Waals surface area contributed by atoms with E-state index in [1.807, 2.05) is 128 Å². The molecule has 4 aromatic carbocycles. The van der Waals surface area contributed by atoms with Crippen LogP contribution in [-0.2, 0) is 79.1 Å². The molecule has 3 heterocycles. The van der Waals surface area contributed by atoms with Gasteiger partial charge in [-0.25, -0.2) is 17.9 Å². The summed E-state index contributed by atoms with van der Waals surface area (Å²) in [5.74, 6) is 0.593. The Kier molecular flexibility index (Phi) is 17.5. The van der Waals surface area contributed by atoms with E-state index in [0.717, 1.165) is 22.3 Å². The third kappa shape index (κ3) is 13.9. The summed E-state index contributed by atoms with van der Waals surface area (Å²) < 4.78 is 89.7. The van der Waals surface area contributed by atoms with Crippen molar-refractivity contribution in [3.8, 4) is 0 Å². The molecule has 1 N–H and O–H groups in total. The van der Waals surface area contributed by atoms with Crippen molar-refractivity contribution < 1.29 is 55.8 Å². The number of thioether (sulfide) groups is 1. The molecule has 0 saturated carbocycles. The second-order valence-corrected chi connectivity index (χ2v) is 26.2. The molecule has 4 unspecified atom stereocenters. The maximum absolute atomic E-state index is 14.1. The maximum atomic E-state index is 14.1. The van der Waals surface area contributed by atoms with Crippen molar-refractivity contribution in [2.45, 2.75) is 120 Å². The van der Waals surface area contributed by atoms with Gasteiger partial charge in [0.1, 0.15) is 36.0 Å². The fourth-order valence-electron chi connectivity index (χ4n) is 7.79. The van der Waals surface area contributed by atoms with E-state index in [1.165, 1.54) is 11.8 Å². The van der Waals surface area contributed by atoms with Crippen LogP contribution in [0.1, 0.15) is 29.2 Å². The number of sulfonamides is 1. The molecule has 0 spiro atoms. The van der Waals surface area contributed by atoms with Gasteiger partial charge in [-0.2, -0.15) is 0 Å². The lowest BCUT2D eigenvalue weighted by Crippen LogP contribution is -2.67. The molecule has 0 aromatic heterocycles. The van der Waals surface area contributed by atoms with Gasteiger partial charge in [0, 0.05) is 8.07 Å². The monoisotopic (exact) mass is 935 g/mol. The highest BCUT2D eigenvalue weighted by Gasteiger charge is 2.58. The number of ether oxygens (including phenoxy) is 9. The van der Waals surface area contributed by atoms with Crippen LogP contribution in [0.4, 0.5) is 4.79 Å². The summed E-state index contributed by atoms with van der Waals surface area (Å²) in [7, 11) is -5.59. The van der Waals surface area contributed by atoms with E-state index >= 15 is 0 Å². The normalized spacial score (nSPS) is 27.1. The van der Waals surface area contributed by atoms with Gasteiger partial charge in [0.05, 0.1) is 51.4 Å². The van der Waals surface area contributed by atoms with Crippen molar-refractivity contribution in [2.75, 3.05) is 24.7 Å². The highest BCUT2D eigenvalue weighted by Crippen LogP contribution is 2.39. The van der Waals surface area contributed by atoms with Crippen LogP contribution in [-0.4, -0.2) is 108 Å². The minimum Gasteiger partial charge on any atom is -0.424 e. The lowest BCUT2D eigenvalue weighted by atomic mass is 9.96. The summed E-state index contributed by atoms with van der Waals surface area (Å²) in [6, 6.07) is 38.5. The van der Waals surface area contributed by atoms with Crippen LogP contribution in [0.2, 0.25) is 25.7 Å². The number of carbonyl (C=O) groups is 1. The molecule has 0 aliphatic carbocycles. The molecule has 3 aliphatic heterocycles. The Balaban J connectivity index is 1.25. The van der Waals surface area contributed by atoms with E-state index in [9.17, 15) is 13.2 Å². The Bertz CT molecular complexity index is 2120. The summed E-state index contributed by atoms with van der Waals surface area (Å²) in [6.07, 6.45) is -8.45. The molecule has 0 bridgehead atoms. The smallest absolute Gasteiger partial charge is 0.424 e. The van der Waals surface area contributed by atoms with E-state index < -0.39 is 84.7 Å². The third-order valence-corrected chi connectivity index (χ3v) is 15.7. The predicted octanol–water partition coefficient (Wildman–Crippen LogP) is 7.71. The number of benzene rings is 4. The summed E-state index contributed by atoms with van der Waals surface area (Å²) in [6.45, 7) is 9.41. The first-order valence-electron chi connectivity index (χ1n) is 21.9. The van der Waals surface area contributed by atoms with Crippen molar-refractivity contribution in [2.24, 2.45) is 0 Å². The molecule has 64 heavy (non-hydrogen) atoms. The maximum Gasteiger partial charge on any atom is 0.509 e. The number of carbonyl (C=O) groups excluding carboxylic acids is 1. The number of rotatable bonds is 23. The molecule has 0 amide bonds. The van der Waals surface area contributed by atoms with Crippen LogP contribution in [0.5, 0.6) is 0 Å². The van der Waals surface area contributed by atoms with Crippen molar-refractivity contribution in [3.05, 3.63) is 144 Å². The lowest BCUT2D eigenvalue weighted by Gasteiger charge is -2.49. The number of hydrogen-bond acceptors (Lipinski definition) is 13. The SMILES string of the molecule is CCSC1OC(COCc2ccccc2)[C@H](OC2OC(COCc3ccccc3)[C@@H]3OC(=O)O[C@@H]3[C@H]2OCc2ccccc2)[C@@H](OCc2ccccc2)[C@H]1NS(=O)(=O)CC[Si](C)(C)C. The average Bonchev–Trinajstić information content (AvgIpc) is 3.69. The van der Waals surface area contributed by atoms with Crippen LogP contribution in [0.25, 0.3) is 0 Å². The highest BCUT2D eigenvalue weighted by atomic mass is 32.2. The molecule has 3 aliphatic rings. The van der Waals surface area contributed by atoms with Crippen LogP contribution in [0.3, 0.4) is 0 Å². The molecule has 3 saturated heterocycles. The molecule has 346 valence electrons. The zero-order chi connectivity index (χ0) is 44.9. The van der Waals surface area contributed by atoms with Gasteiger partial charge >= 0.3 is 6.16 Å². The minimum absolute atomic E-state index is 0.0331. The van der Waals surface area contributed by atoms with Gasteiger partial charge in [-0.1, -0.05) is 148 Å². The van der Waals surface area contributed by atoms with E-state index in [4.69, 9.17) is 42.6 Å². The zero-order valence-corrected chi connectivity index (χ0v) is 39.5. The Hall–Kier alpha value is -3.65. The predicted molar refractivity (Wildman–Crippen MR) is 247 cm³/mol. The lowest BCUT2D eigenvalue weighted by molar-refractivity contribution is -0.333. The molecular weight excluding hydrogens is 875 g/mol. The molecule has 10 atom stereocenters. The van der Waals surface area contributed by atoms with E-state index in [1.54, 1.807) is 0 Å². The Morgan fingerprint density at radius 1 is 0.625 bits per heavy atom. The quantitative estimate of drug-likeness (QED) is 0.0573. The molecule has 16 heteroatoms. The summed E-state index contributed by atoms with van der Waals surface area (Å²) >= 11 is 1.48. The molecule has 3 fully saturated rings. The van der Waals surface area contributed by atoms with Crippen molar-refractivity contribution in [3.63, 3.8) is 0 Å². The van der Waals surface area contributed by atoms with Gasteiger partial charge in [-0.15, -0.1) is 11.8 Å². The highest BCUT2D eigenvalue weighted by molar-refractivity contribution is 7.99. The summed E-state index contributed by atoms with van der Waals surface area (Å²) in [4.78, 5) is 13.0. The van der Waals surface area contributed by atoms with Gasteiger partial charge in [0.15, 0.2) is 18.5 Å². The van der Waals surface area contributed by atoms with Crippen LogP contribution in [0, 0.1) is 0 Å². The van der Waals surface area contributed by atoms with Crippen molar-refractivity contribution >= 4 is 36.0 Å². The number of hydrogen-bond donors (Lipinski definition) is 1. The van der Waals surface area contributed by atoms with Gasteiger partial charge in [-0.3, -0.25) is 0 Å². The molecule has 13 nitrogen and oxygen atoms in total. The standard InChI is InChI=1S/C48H61NO12S2Si/c1-5-62-47-40(49-63(51,52)26-27-64(2,3)4)43(55-30-36-22-14-8-15-23-36)41(39(58-47)33-54-29-35-20-12-7-13-21-35)59-46-45(56-31-37-24-16-9-17-25-37)44-42(60-48(50)61-44)38(57-46)32-53-28-34-18-10-6-11-19-34/h6-25,38-47,49H,5,26-33H2,1-4H3/t38?,39?,40-,41+,42+,43+,44+,45-,46?,47?/m1/s1. The Morgan fingerprint density at radius 3 is 1.62 bits per heavy atom. The topological polar surface area (TPSA) is 146 Å². The minimum atomic E-state index is -3.84. The van der Waals surface area contributed by atoms with Crippen molar-refractivity contribution in [1.29, 1.82) is 0 Å². The number of fused-ring (bicyclic) bond motifs is 1. The molecule has 7 rings (SSSR count). The first-order chi connectivity index (χ1) is 30.9. The number of nitrogens with one attached hydrogen (secondary N) is 1. The second kappa shape index (κ2) is 23.2. The fourth-order valence-corrected chi connectivity index (χ4v) is 13.2. The van der Waals surface area contributed by atoms with Gasteiger partial charge < -0.3 is 42.6 Å². The molecule has 4 aromatic rings. The van der Waals surface area contributed by atoms with Gasteiger partial charge in [0.25, 0.3) is 0 Å². The zero-order valence-electron chi connectivity index (χ0n) is 36.9. The van der Waals surface area contributed by atoms with Gasteiger partial charge in [0.2, 0.25) is 10.0 Å². The van der Waals surface area contributed by atoms with E-state index in [0.29, 0.717) is 18.4 Å². The Labute approximate surface area is 382 Å². The van der Waals surface area contributed by atoms with Crippen LogP contribution >= 0.6 is 11.8 Å². The van der Waals surface area contributed by atoms with Crippen LogP contribution in [0.15, 0.2) is 121 Å². The first-order valence-corrected chi connectivity index (χ1v) is 28.3.